The molecule has 0 aliphatic carbocycles. The van der Waals surface area contributed by atoms with Crippen LogP contribution >= 0.6 is 0 Å². The zero-order chi connectivity index (χ0) is 16.1. The number of carbonyl (C=O) groups is 1. The number of morpholine rings is 1. The van der Waals surface area contributed by atoms with E-state index in [1.165, 1.54) is 5.56 Å². The van der Waals surface area contributed by atoms with Crippen LogP contribution in [0.15, 0.2) is 24.3 Å². The predicted molar refractivity (Wildman–Crippen MR) is 90.3 cm³/mol. The SMILES string of the molecule is CCC1CN(C(=O)CN(c2ccc(C)cc2)C(C)C)CCO1. The van der Waals surface area contributed by atoms with Crippen molar-refractivity contribution < 1.29 is 9.53 Å². The Labute approximate surface area is 134 Å². The summed E-state index contributed by atoms with van der Waals surface area (Å²) in [6.45, 7) is 10.9. The van der Waals surface area contributed by atoms with Crippen molar-refractivity contribution in [2.24, 2.45) is 0 Å². The summed E-state index contributed by atoms with van der Waals surface area (Å²) in [5.74, 6) is 0.191. The van der Waals surface area contributed by atoms with E-state index in [0.29, 0.717) is 19.7 Å². The van der Waals surface area contributed by atoms with Gasteiger partial charge in [-0.15, -0.1) is 0 Å². The highest BCUT2D eigenvalue weighted by Crippen LogP contribution is 2.18. The zero-order valence-electron chi connectivity index (χ0n) is 14.2. The summed E-state index contributed by atoms with van der Waals surface area (Å²) in [4.78, 5) is 16.8. The molecule has 0 radical (unpaired) electrons. The van der Waals surface area contributed by atoms with Crippen LogP contribution in [0.25, 0.3) is 0 Å². The fourth-order valence-electron chi connectivity index (χ4n) is 2.75. The standard InChI is InChI=1S/C18H28N2O2/c1-5-17-12-19(10-11-22-17)18(21)13-20(14(2)3)16-8-6-15(4)7-9-16/h6-9,14,17H,5,10-13H2,1-4H3. The third-order valence-corrected chi connectivity index (χ3v) is 4.24. The number of hydrogen-bond donors (Lipinski definition) is 0. The Balaban J connectivity index is 2.04. The number of hydrogen-bond acceptors (Lipinski definition) is 3. The Morgan fingerprint density at radius 2 is 2.05 bits per heavy atom. The van der Waals surface area contributed by atoms with Crippen LogP contribution in [0.4, 0.5) is 5.69 Å². The number of benzene rings is 1. The van der Waals surface area contributed by atoms with Gasteiger partial charge in [-0.2, -0.15) is 0 Å². The van der Waals surface area contributed by atoms with Crippen molar-refractivity contribution in [1.29, 1.82) is 0 Å². The zero-order valence-corrected chi connectivity index (χ0v) is 14.2. The van der Waals surface area contributed by atoms with Crippen molar-refractivity contribution >= 4 is 11.6 Å². The molecule has 2 rings (SSSR count). The quantitative estimate of drug-likeness (QED) is 0.838. The second kappa shape index (κ2) is 7.63. The van der Waals surface area contributed by atoms with E-state index in [9.17, 15) is 4.79 Å². The maximum atomic E-state index is 12.6. The normalized spacial score (nSPS) is 18.6. The van der Waals surface area contributed by atoms with Gasteiger partial charge in [-0.1, -0.05) is 24.6 Å². The Morgan fingerprint density at radius 1 is 1.36 bits per heavy atom. The average Bonchev–Trinajstić information content (AvgIpc) is 2.53. The van der Waals surface area contributed by atoms with Gasteiger partial charge in [0.25, 0.3) is 0 Å². The van der Waals surface area contributed by atoms with Gasteiger partial charge in [0.15, 0.2) is 0 Å². The lowest BCUT2D eigenvalue weighted by Gasteiger charge is -2.35. The Kier molecular flexibility index (Phi) is 5.83. The van der Waals surface area contributed by atoms with Crippen LogP contribution in [0, 0.1) is 6.92 Å². The van der Waals surface area contributed by atoms with Crippen LogP contribution < -0.4 is 4.90 Å². The molecular formula is C18H28N2O2. The van der Waals surface area contributed by atoms with Gasteiger partial charge in [-0.3, -0.25) is 4.79 Å². The first-order valence-electron chi connectivity index (χ1n) is 8.24. The Bertz CT molecular complexity index is 484. The van der Waals surface area contributed by atoms with Crippen molar-refractivity contribution in [1.82, 2.24) is 4.90 Å². The number of carbonyl (C=O) groups excluding carboxylic acids is 1. The predicted octanol–water partition coefficient (Wildman–Crippen LogP) is 2.85. The molecule has 0 bridgehead atoms. The van der Waals surface area contributed by atoms with Gasteiger partial charge >= 0.3 is 0 Å². The molecule has 1 aromatic rings. The van der Waals surface area contributed by atoms with Crippen molar-refractivity contribution in [3.63, 3.8) is 0 Å². The minimum Gasteiger partial charge on any atom is -0.375 e. The molecule has 0 aromatic heterocycles. The van der Waals surface area contributed by atoms with Gasteiger partial charge in [-0.05, 0) is 39.3 Å². The monoisotopic (exact) mass is 304 g/mol. The first-order valence-corrected chi connectivity index (χ1v) is 8.24. The van der Waals surface area contributed by atoms with Gasteiger partial charge in [-0.25, -0.2) is 0 Å². The Hall–Kier alpha value is -1.55. The second-order valence-corrected chi connectivity index (χ2v) is 6.30. The van der Waals surface area contributed by atoms with Gasteiger partial charge in [0, 0.05) is 24.8 Å². The number of nitrogens with zero attached hydrogens (tertiary/aromatic N) is 2. The highest BCUT2D eigenvalue weighted by molar-refractivity contribution is 5.81. The number of aryl methyl sites for hydroxylation is 1. The fourth-order valence-corrected chi connectivity index (χ4v) is 2.75. The summed E-state index contributed by atoms with van der Waals surface area (Å²) in [7, 11) is 0. The molecule has 122 valence electrons. The smallest absolute Gasteiger partial charge is 0.242 e. The molecule has 4 nitrogen and oxygen atoms in total. The fraction of sp³-hybridized carbons (Fsp3) is 0.611. The summed E-state index contributed by atoms with van der Waals surface area (Å²) in [6, 6.07) is 8.66. The van der Waals surface area contributed by atoms with E-state index in [4.69, 9.17) is 4.74 Å². The molecular weight excluding hydrogens is 276 g/mol. The van der Waals surface area contributed by atoms with Crippen LogP contribution in [-0.2, 0) is 9.53 Å². The average molecular weight is 304 g/mol. The molecule has 4 heteroatoms. The van der Waals surface area contributed by atoms with E-state index < -0.39 is 0 Å². The third-order valence-electron chi connectivity index (χ3n) is 4.24. The van der Waals surface area contributed by atoms with Crippen molar-refractivity contribution in [3.05, 3.63) is 29.8 Å². The lowest BCUT2D eigenvalue weighted by molar-refractivity contribution is -0.137. The molecule has 1 aromatic carbocycles. The summed E-state index contributed by atoms with van der Waals surface area (Å²) in [6.07, 6.45) is 1.14. The highest BCUT2D eigenvalue weighted by Gasteiger charge is 2.25. The molecule has 1 atom stereocenters. The highest BCUT2D eigenvalue weighted by atomic mass is 16.5. The van der Waals surface area contributed by atoms with Gasteiger partial charge in [0.05, 0.1) is 19.3 Å². The first kappa shape index (κ1) is 16.8. The van der Waals surface area contributed by atoms with Gasteiger partial charge < -0.3 is 14.5 Å². The molecule has 0 saturated carbocycles. The van der Waals surface area contributed by atoms with Crippen LogP contribution in [0.2, 0.25) is 0 Å². The number of anilines is 1. The van der Waals surface area contributed by atoms with E-state index in [1.54, 1.807) is 0 Å². The van der Waals surface area contributed by atoms with E-state index in [-0.39, 0.29) is 18.1 Å². The first-order chi connectivity index (χ1) is 10.5. The largest absolute Gasteiger partial charge is 0.375 e. The summed E-state index contributed by atoms with van der Waals surface area (Å²) >= 11 is 0. The molecule has 1 unspecified atom stereocenters. The minimum atomic E-state index is 0.185. The molecule has 0 spiro atoms. The van der Waals surface area contributed by atoms with E-state index in [1.807, 2.05) is 4.90 Å². The molecule has 0 N–H and O–H groups in total. The van der Waals surface area contributed by atoms with E-state index in [0.717, 1.165) is 18.7 Å². The van der Waals surface area contributed by atoms with Crippen LogP contribution in [-0.4, -0.2) is 49.2 Å². The molecule has 22 heavy (non-hydrogen) atoms. The summed E-state index contributed by atoms with van der Waals surface area (Å²) in [5.41, 5.74) is 2.34. The second-order valence-electron chi connectivity index (χ2n) is 6.30. The maximum Gasteiger partial charge on any atom is 0.242 e. The molecule has 1 fully saturated rings. The lowest BCUT2D eigenvalue weighted by Crippen LogP contribution is -2.50. The molecule has 1 aliphatic rings. The van der Waals surface area contributed by atoms with Crippen LogP contribution in [0.1, 0.15) is 32.8 Å². The Morgan fingerprint density at radius 3 is 2.64 bits per heavy atom. The number of amides is 1. The summed E-state index contributed by atoms with van der Waals surface area (Å²) in [5, 5.41) is 0. The molecule has 1 saturated heterocycles. The maximum absolute atomic E-state index is 12.6. The number of ether oxygens (including phenoxy) is 1. The lowest BCUT2D eigenvalue weighted by atomic mass is 10.1. The molecule has 1 heterocycles. The van der Waals surface area contributed by atoms with Crippen molar-refractivity contribution in [3.8, 4) is 0 Å². The third kappa shape index (κ3) is 4.23. The molecule has 1 aliphatic heterocycles. The van der Waals surface area contributed by atoms with Crippen molar-refractivity contribution in [2.75, 3.05) is 31.1 Å². The van der Waals surface area contributed by atoms with Gasteiger partial charge in [0.1, 0.15) is 0 Å². The van der Waals surface area contributed by atoms with Crippen LogP contribution in [0.5, 0.6) is 0 Å². The van der Waals surface area contributed by atoms with Gasteiger partial charge in [0.2, 0.25) is 5.91 Å². The summed E-state index contributed by atoms with van der Waals surface area (Å²) < 4.78 is 5.65. The van der Waals surface area contributed by atoms with Crippen LogP contribution in [0.3, 0.4) is 0 Å². The number of rotatable bonds is 5. The molecule has 1 amide bonds. The van der Waals surface area contributed by atoms with E-state index in [2.05, 4.69) is 56.9 Å². The van der Waals surface area contributed by atoms with E-state index >= 15 is 0 Å². The minimum absolute atomic E-state index is 0.185. The van der Waals surface area contributed by atoms with Crippen molar-refractivity contribution in [2.45, 2.75) is 46.3 Å². The topological polar surface area (TPSA) is 32.8 Å².